The van der Waals surface area contributed by atoms with E-state index in [9.17, 15) is 22.8 Å². The number of anilines is 1. The van der Waals surface area contributed by atoms with Gasteiger partial charge < -0.3 is 4.90 Å². The van der Waals surface area contributed by atoms with Crippen molar-refractivity contribution in [1.29, 1.82) is 0 Å². The van der Waals surface area contributed by atoms with E-state index in [1.54, 1.807) is 12.1 Å². The number of ketones is 1. The van der Waals surface area contributed by atoms with Crippen LogP contribution in [0.3, 0.4) is 0 Å². The molecule has 18 heavy (non-hydrogen) atoms. The summed E-state index contributed by atoms with van der Waals surface area (Å²) in [6.07, 6.45) is -5.50. The standard InChI is InChI=1S/C11H7BrF3NO2/c12-6-2-1-3-7-8(6)9(17)10(18)16(7)5-4-11(13,14)15/h1-3H,4-5H2. The van der Waals surface area contributed by atoms with Crippen molar-refractivity contribution in [2.45, 2.75) is 12.6 Å². The predicted octanol–water partition coefficient (Wildman–Crippen LogP) is 2.93. The van der Waals surface area contributed by atoms with Gasteiger partial charge in [-0.05, 0) is 28.1 Å². The van der Waals surface area contributed by atoms with Crippen LogP contribution in [0.5, 0.6) is 0 Å². The Morgan fingerprint density at radius 2 is 1.89 bits per heavy atom. The van der Waals surface area contributed by atoms with Gasteiger partial charge >= 0.3 is 6.18 Å². The second kappa shape index (κ2) is 4.38. The van der Waals surface area contributed by atoms with Crippen LogP contribution >= 0.6 is 15.9 Å². The Bertz CT molecular complexity index is 528. The third-order valence-electron chi connectivity index (χ3n) is 2.57. The SMILES string of the molecule is O=C1C(=O)N(CCC(F)(F)F)c2cccc(Br)c21. The minimum Gasteiger partial charge on any atom is -0.304 e. The zero-order chi connectivity index (χ0) is 13.5. The molecule has 0 aliphatic carbocycles. The molecule has 2 rings (SSSR count). The van der Waals surface area contributed by atoms with Gasteiger partial charge in [-0.1, -0.05) is 6.07 Å². The first-order valence-corrected chi connectivity index (χ1v) is 5.82. The molecule has 1 aliphatic heterocycles. The fraction of sp³-hybridized carbons (Fsp3) is 0.273. The number of carbonyl (C=O) groups excluding carboxylic acids is 2. The van der Waals surface area contributed by atoms with Crippen LogP contribution < -0.4 is 4.90 Å². The number of halogens is 4. The normalized spacial score (nSPS) is 15.2. The number of hydrogen-bond donors (Lipinski definition) is 0. The lowest BCUT2D eigenvalue weighted by Crippen LogP contribution is -2.33. The summed E-state index contributed by atoms with van der Waals surface area (Å²) < 4.78 is 36.9. The van der Waals surface area contributed by atoms with Gasteiger partial charge in [0, 0.05) is 11.0 Å². The molecule has 1 aliphatic rings. The summed E-state index contributed by atoms with van der Waals surface area (Å²) >= 11 is 3.11. The molecule has 0 N–H and O–H groups in total. The molecule has 3 nitrogen and oxygen atoms in total. The molecule has 0 atom stereocenters. The van der Waals surface area contributed by atoms with E-state index in [1.165, 1.54) is 6.07 Å². The maximum absolute atomic E-state index is 12.2. The first kappa shape index (κ1) is 13.1. The number of alkyl halides is 3. The van der Waals surface area contributed by atoms with Gasteiger partial charge in [0.2, 0.25) is 0 Å². The van der Waals surface area contributed by atoms with Gasteiger partial charge in [0.25, 0.3) is 11.7 Å². The van der Waals surface area contributed by atoms with Crippen molar-refractivity contribution in [2.24, 2.45) is 0 Å². The van der Waals surface area contributed by atoms with Crippen LogP contribution in [-0.2, 0) is 4.79 Å². The van der Waals surface area contributed by atoms with Gasteiger partial charge in [-0.3, -0.25) is 9.59 Å². The number of fused-ring (bicyclic) bond motifs is 1. The quantitative estimate of drug-likeness (QED) is 0.785. The molecule has 1 heterocycles. The molecule has 0 radical (unpaired) electrons. The van der Waals surface area contributed by atoms with Crippen molar-refractivity contribution in [3.63, 3.8) is 0 Å². The summed E-state index contributed by atoms with van der Waals surface area (Å²) in [6, 6.07) is 4.59. The Morgan fingerprint density at radius 1 is 1.22 bits per heavy atom. The van der Waals surface area contributed by atoms with Gasteiger partial charge in [-0.25, -0.2) is 0 Å². The predicted molar refractivity (Wildman–Crippen MR) is 61.5 cm³/mol. The molecule has 0 unspecified atom stereocenters. The molecule has 0 saturated heterocycles. The molecule has 96 valence electrons. The van der Waals surface area contributed by atoms with Crippen molar-refractivity contribution in [3.8, 4) is 0 Å². The van der Waals surface area contributed by atoms with Crippen molar-refractivity contribution in [1.82, 2.24) is 0 Å². The summed E-state index contributed by atoms with van der Waals surface area (Å²) in [5, 5.41) is 0. The van der Waals surface area contributed by atoms with Crippen molar-refractivity contribution in [3.05, 3.63) is 28.2 Å². The van der Waals surface area contributed by atoms with E-state index < -0.39 is 30.8 Å². The molecule has 7 heteroatoms. The highest BCUT2D eigenvalue weighted by Crippen LogP contribution is 2.35. The summed E-state index contributed by atoms with van der Waals surface area (Å²) in [6.45, 7) is -0.544. The maximum Gasteiger partial charge on any atom is 0.390 e. The van der Waals surface area contributed by atoms with Crippen LogP contribution in [0.4, 0.5) is 18.9 Å². The van der Waals surface area contributed by atoms with Gasteiger partial charge in [0.1, 0.15) is 0 Å². The Hall–Kier alpha value is -1.37. The Kier molecular flexibility index (Phi) is 3.18. The number of nitrogens with zero attached hydrogens (tertiary/aromatic N) is 1. The number of benzene rings is 1. The van der Waals surface area contributed by atoms with Crippen LogP contribution in [0.25, 0.3) is 0 Å². The van der Waals surface area contributed by atoms with E-state index in [0.717, 1.165) is 4.90 Å². The molecular weight excluding hydrogens is 315 g/mol. The third kappa shape index (κ3) is 2.27. The van der Waals surface area contributed by atoms with Crippen molar-refractivity contribution < 1.29 is 22.8 Å². The highest BCUT2D eigenvalue weighted by molar-refractivity contribution is 9.10. The molecule has 0 aromatic heterocycles. The highest BCUT2D eigenvalue weighted by atomic mass is 79.9. The van der Waals surface area contributed by atoms with E-state index in [-0.39, 0.29) is 11.3 Å². The summed E-state index contributed by atoms with van der Waals surface area (Å²) in [5.41, 5.74) is 0.355. The van der Waals surface area contributed by atoms with E-state index in [2.05, 4.69) is 15.9 Å². The van der Waals surface area contributed by atoms with Crippen LogP contribution in [0.2, 0.25) is 0 Å². The third-order valence-corrected chi connectivity index (χ3v) is 3.23. The van der Waals surface area contributed by atoms with Crippen LogP contribution in [-0.4, -0.2) is 24.4 Å². The lowest BCUT2D eigenvalue weighted by Gasteiger charge is -2.17. The molecule has 1 amide bonds. The monoisotopic (exact) mass is 321 g/mol. The molecule has 0 spiro atoms. The second-order valence-corrected chi connectivity index (χ2v) is 4.64. The summed E-state index contributed by atoms with van der Waals surface area (Å²) in [5.74, 6) is -1.69. The van der Waals surface area contributed by atoms with Crippen LogP contribution in [0.15, 0.2) is 22.7 Å². The van der Waals surface area contributed by atoms with Gasteiger partial charge in [-0.2, -0.15) is 13.2 Å². The fourth-order valence-electron chi connectivity index (χ4n) is 1.76. The Balaban J connectivity index is 2.32. The number of hydrogen-bond acceptors (Lipinski definition) is 2. The number of Topliss-reactive ketones (excluding diaryl/α,β-unsaturated/α-hetero) is 1. The van der Waals surface area contributed by atoms with Crippen LogP contribution in [0, 0.1) is 0 Å². The molecular formula is C11H7BrF3NO2. The summed E-state index contributed by atoms with van der Waals surface area (Å²) in [4.78, 5) is 24.1. The van der Waals surface area contributed by atoms with E-state index in [1.807, 2.05) is 0 Å². The number of amides is 1. The zero-order valence-corrected chi connectivity index (χ0v) is 10.5. The number of carbonyl (C=O) groups is 2. The van der Waals surface area contributed by atoms with E-state index >= 15 is 0 Å². The molecule has 0 saturated carbocycles. The van der Waals surface area contributed by atoms with E-state index in [0.29, 0.717) is 4.47 Å². The minimum atomic E-state index is -4.36. The average molecular weight is 322 g/mol. The van der Waals surface area contributed by atoms with E-state index in [4.69, 9.17) is 0 Å². The fourth-order valence-corrected chi connectivity index (χ4v) is 2.30. The number of rotatable bonds is 2. The largest absolute Gasteiger partial charge is 0.390 e. The molecule has 0 bridgehead atoms. The topological polar surface area (TPSA) is 37.4 Å². The van der Waals surface area contributed by atoms with Gasteiger partial charge in [0.05, 0.1) is 17.7 Å². The van der Waals surface area contributed by atoms with Gasteiger partial charge in [0.15, 0.2) is 0 Å². The average Bonchev–Trinajstić information content (AvgIpc) is 2.50. The second-order valence-electron chi connectivity index (χ2n) is 3.79. The lowest BCUT2D eigenvalue weighted by atomic mass is 10.1. The highest BCUT2D eigenvalue weighted by Gasteiger charge is 2.39. The lowest BCUT2D eigenvalue weighted by molar-refractivity contribution is -0.133. The Morgan fingerprint density at radius 3 is 2.50 bits per heavy atom. The zero-order valence-electron chi connectivity index (χ0n) is 8.92. The van der Waals surface area contributed by atoms with Crippen molar-refractivity contribution >= 4 is 33.3 Å². The Labute approximate surface area is 109 Å². The molecule has 1 aromatic carbocycles. The summed E-state index contributed by atoms with van der Waals surface area (Å²) in [7, 11) is 0. The van der Waals surface area contributed by atoms with Crippen molar-refractivity contribution in [2.75, 3.05) is 11.4 Å². The molecule has 1 aromatic rings. The minimum absolute atomic E-state index is 0.129. The first-order chi connectivity index (χ1) is 8.31. The smallest absolute Gasteiger partial charge is 0.304 e. The maximum atomic E-state index is 12.2. The van der Waals surface area contributed by atoms with Crippen LogP contribution in [0.1, 0.15) is 16.8 Å². The molecule has 0 fully saturated rings. The first-order valence-electron chi connectivity index (χ1n) is 5.03. The van der Waals surface area contributed by atoms with Gasteiger partial charge in [-0.15, -0.1) is 0 Å².